The number of nitrogens with one attached hydrogen (secondary N) is 1. The van der Waals surface area contributed by atoms with Gasteiger partial charge >= 0.3 is 0 Å². The van der Waals surface area contributed by atoms with Gasteiger partial charge in [-0.3, -0.25) is 4.98 Å². The van der Waals surface area contributed by atoms with Crippen molar-refractivity contribution in [2.45, 2.75) is 6.42 Å². The lowest BCUT2D eigenvalue weighted by atomic mass is 10.1. The topological polar surface area (TPSA) is 54.5 Å². The third-order valence-electron chi connectivity index (χ3n) is 2.70. The van der Waals surface area contributed by atoms with Crippen LogP contribution in [0.25, 0.3) is 11.4 Å². The zero-order valence-electron chi connectivity index (χ0n) is 9.74. The molecule has 4 nitrogen and oxygen atoms in total. The molecule has 0 fully saturated rings. The van der Waals surface area contributed by atoms with Crippen LogP contribution in [0.5, 0.6) is 0 Å². The molecule has 0 bridgehead atoms. The van der Waals surface area contributed by atoms with Crippen molar-refractivity contribution in [3.63, 3.8) is 0 Å². The fraction of sp³-hybridized carbons (Fsp3) is 0.0714. The quantitative estimate of drug-likeness (QED) is 0.760. The third kappa shape index (κ3) is 2.27. The number of hydrogen-bond donors (Lipinski definition) is 1. The Morgan fingerprint density at radius 1 is 0.889 bits per heavy atom. The molecule has 0 saturated heterocycles. The van der Waals surface area contributed by atoms with E-state index in [4.69, 9.17) is 0 Å². The smallest absolute Gasteiger partial charge is 0.161 e. The van der Waals surface area contributed by atoms with Gasteiger partial charge in [-0.15, -0.1) is 10.2 Å². The van der Waals surface area contributed by atoms with Crippen LogP contribution in [0.4, 0.5) is 0 Å². The molecule has 1 N–H and O–H groups in total. The first kappa shape index (κ1) is 10.7. The van der Waals surface area contributed by atoms with Gasteiger partial charge in [0.05, 0.1) is 0 Å². The Morgan fingerprint density at radius 3 is 2.44 bits per heavy atom. The maximum Gasteiger partial charge on any atom is 0.161 e. The average Bonchev–Trinajstić information content (AvgIpc) is 2.89. The molecule has 0 spiro atoms. The van der Waals surface area contributed by atoms with E-state index in [-0.39, 0.29) is 0 Å². The Labute approximate surface area is 105 Å². The molecule has 1 aromatic carbocycles. The summed E-state index contributed by atoms with van der Waals surface area (Å²) in [5, 5.41) is 8.31. The molecule has 4 heteroatoms. The highest BCUT2D eigenvalue weighted by Crippen LogP contribution is 2.13. The zero-order valence-corrected chi connectivity index (χ0v) is 9.74. The van der Waals surface area contributed by atoms with Gasteiger partial charge in [0.1, 0.15) is 5.82 Å². The van der Waals surface area contributed by atoms with Crippen LogP contribution in [0, 0.1) is 0 Å². The van der Waals surface area contributed by atoms with Crippen molar-refractivity contribution < 1.29 is 0 Å². The lowest BCUT2D eigenvalue weighted by Gasteiger charge is -1.96. The van der Waals surface area contributed by atoms with E-state index in [1.165, 1.54) is 5.56 Å². The van der Waals surface area contributed by atoms with Crippen LogP contribution in [-0.2, 0) is 6.42 Å². The zero-order chi connectivity index (χ0) is 12.2. The van der Waals surface area contributed by atoms with Crippen molar-refractivity contribution in [2.75, 3.05) is 0 Å². The summed E-state index contributed by atoms with van der Waals surface area (Å²) in [5.74, 6) is 1.65. The van der Waals surface area contributed by atoms with Crippen LogP contribution >= 0.6 is 0 Å². The number of aromatic amines is 1. The highest BCUT2D eigenvalue weighted by atomic mass is 15.2. The predicted octanol–water partition coefficient (Wildman–Crippen LogP) is 2.46. The van der Waals surface area contributed by atoms with Crippen LogP contribution in [0.15, 0.2) is 54.9 Å². The summed E-state index contributed by atoms with van der Waals surface area (Å²) in [5.41, 5.74) is 2.21. The molecular weight excluding hydrogens is 224 g/mol. The van der Waals surface area contributed by atoms with Crippen molar-refractivity contribution in [3.05, 3.63) is 66.2 Å². The molecular formula is C14H12N4. The minimum absolute atomic E-state index is 0.763. The van der Waals surface area contributed by atoms with E-state index < -0.39 is 0 Å². The Balaban J connectivity index is 1.82. The van der Waals surface area contributed by atoms with E-state index in [2.05, 4.69) is 32.3 Å². The molecule has 88 valence electrons. The van der Waals surface area contributed by atoms with E-state index in [1.54, 1.807) is 12.4 Å². The summed E-state index contributed by atoms with van der Waals surface area (Å²) >= 11 is 0. The van der Waals surface area contributed by atoms with E-state index in [9.17, 15) is 0 Å². The third-order valence-corrected chi connectivity index (χ3v) is 2.70. The van der Waals surface area contributed by atoms with Crippen LogP contribution < -0.4 is 0 Å². The molecule has 3 rings (SSSR count). The first-order chi connectivity index (χ1) is 8.92. The number of hydrogen-bond acceptors (Lipinski definition) is 3. The summed E-state index contributed by atoms with van der Waals surface area (Å²) in [7, 11) is 0. The summed E-state index contributed by atoms with van der Waals surface area (Å²) in [4.78, 5) is 7.21. The predicted molar refractivity (Wildman–Crippen MR) is 68.9 cm³/mol. The van der Waals surface area contributed by atoms with Crippen molar-refractivity contribution in [1.29, 1.82) is 0 Å². The Morgan fingerprint density at radius 2 is 1.67 bits per heavy atom. The van der Waals surface area contributed by atoms with E-state index in [1.807, 2.05) is 30.3 Å². The molecule has 3 aromatic rings. The molecule has 0 aliphatic heterocycles. The summed E-state index contributed by atoms with van der Waals surface area (Å²) < 4.78 is 0. The summed E-state index contributed by atoms with van der Waals surface area (Å²) in [6.45, 7) is 0. The number of rotatable bonds is 3. The monoisotopic (exact) mass is 236 g/mol. The van der Waals surface area contributed by atoms with Gasteiger partial charge in [0.25, 0.3) is 0 Å². The van der Waals surface area contributed by atoms with Crippen LogP contribution in [0.1, 0.15) is 11.4 Å². The molecule has 0 aliphatic rings. The lowest BCUT2D eigenvalue weighted by Crippen LogP contribution is -1.90. The molecule has 2 aromatic heterocycles. The number of pyridine rings is 1. The second-order valence-electron chi connectivity index (χ2n) is 4.02. The maximum atomic E-state index is 4.16. The van der Waals surface area contributed by atoms with Gasteiger partial charge in [0, 0.05) is 24.4 Å². The number of H-pyrrole nitrogens is 1. The molecule has 0 atom stereocenters. The largest absolute Gasteiger partial charge is 0.325 e. The second-order valence-corrected chi connectivity index (χ2v) is 4.02. The fourth-order valence-electron chi connectivity index (χ4n) is 1.81. The normalized spacial score (nSPS) is 10.4. The lowest BCUT2D eigenvalue weighted by molar-refractivity contribution is 0.973. The van der Waals surface area contributed by atoms with E-state index in [0.717, 1.165) is 23.6 Å². The van der Waals surface area contributed by atoms with Crippen LogP contribution in [0.3, 0.4) is 0 Å². The highest BCUT2D eigenvalue weighted by molar-refractivity contribution is 5.53. The highest BCUT2D eigenvalue weighted by Gasteiger charge is 2.05. The molecule has 0 saturated carbocycles. The second kappa shape index (κ2) is 4.79. The maximum absolute atomic E-state index is 4.16. The first-order valence-corrected chi connectivity index (χ1v) is 5.78. The van der Waals surface area contributed by atoms with Crippen molar-refractivity contribution in [1.82, 2.24) is 20.2 Å². The molecule has 0 aliphatic carbocycles. The van der Waals surface area contributed by atoms with E-state index in [0.29, 0.717) is 0 Å². The van der Waals surface area contributed by atoms with Gasteiger partial charge in [-0.25, -0.2) is 0 Å². The fourth-order valence-corrected chi connectivity index (χ4v) is 1.81. The molecule has 18 heavy (non-hydrogen) atoms. The minimum atomic E-state index is 0.763. The SMILES string of the molecule is c1ccc(Cc2nnc(-c3ccncc3)[nH]2)cc1. The minimum Gasteiger partial charge on any atom is -0.325 e. The Kier molecular flexibility index (Phi) is 2.84. The summed E-state index contributed by atoms with van der Waals surface area (Å²) in [6, 6.07) is 14.0. The van der Waals surface area contributed by atoms with Crippen molar-refractivity contribution in [3.8, 4) is 11.4 Å². The van der Waals surface area contributed by atoms with E-state index >= 15 is 0 Å². The van der Waals surface area contributed by atoms with Gasteiger partial charge in [-0.1, -0.05) is 30.3 Å². The van der Waals surface area contributed by atoms with Crippen molar-refractivity contribution in [2.24, 2.45) is 0 Å². The van der Waals surface area contributed by atoms with Gasteiger partial charge < -0.3 is 4.98 Å². The number of nitrogens with zero attached hydrogens (tertiary/aromatic N) is 3. The van der Waals surface area contributed by atoms with Gasteiger partial charge in [-0.05, 0) is 17.7 Å². The van der Waals surface area contributed by atoms with Crippen LogP contribution in [-0.4, -0.2) is 20.2 Å². The number of benzene rings is 1. The first-order valence-electron chi connectivity index (χ1n) is 5.78. The summed E-state index contributed by atoms with van der Waals surface area (Å²) in [6.07, 6.45) is 4.25. The van der Waals surface area contributed by atoms with Crippen molar-refractivity contribution >= 4 is 0 Å². The van der Waals surface area contributed by atoms with Gasteiger partial charge in [0.15, 0.2) is 5.82 Å². The Hall–Kier alpha value is -2.49. The van der Waals surface area contributed by atoms with Gasteiger partial charge in [-0.2, -0.15) is 0 Å². The van der Waals surface area contributed by atoms with Crippen LogP contribution in [0.2, 0.25) is 0 Å². The standard InChI is InChI=1S/C14H12N4/c1-2-4-11(5-3-1)10-13-16-14(18-17-13)12-6-8-15-9-7-12/h1-9H,10H2,(H,16,17,18). The molecule has 2 heterocycles. The Bertz CT molecular complexity index is 617. The molecule has 0 unspecified atom stereocenters. The average molecular weight is 236 g/mol. The number of aromatic nitrogens is 4. The molecule has 0 amide bonds. The van der Waals surface area contributed by atoms with Gasteiger partial charge in [0.2, 0.25) is 0 Å². The molecule has 0 radical (unpaired) electrons.